The summed E-state index contributed by atoms with van der Waals surface area (Å²) in [5, 5.41) is 0.684. The molecular weight excluding hydrogens is 249 g/mol. The molecule has 0 fully saturated rings. The van der Waals surface area contributed by atoms with Crippen molar-refractivity contribution in [2.24, 2.45) is 0 Å². The third kappa shape index (κ3) is 2.14. The Morgan fingerprint density at radius 3 is 2.65 bits per heavy atom. The van der Waals surface area contributed by atoms with E-state index in [0.29, 0.717) is 5.39 Å². The Hall–Kier alpha value is -2.35. The second-order valence-electron chi connectivity index (χ2n) is 4.89. The van der Waals surface area contributed by atoms with E-state index in [4.69, 9.17) is 0 Å². The minimum atomic E-state index is -0.177. The maximum Gasteiger partial charge on any atom is 0.132 e. The van der Waals surface area contributed by atoms with E-state index >= 15 is 0 Å². The summed E-state index contributed by atoms with van der Waals surface area (Å²) in [7, 11) is 0. The van der Waals surface area contributed by atoms with Gasteiger partial charge in [0.25, 0.3) is 0 Å². The Morgan fingerprint density at radius 2 is 1.90 bits per heavy atom. The first-order chi connectivity index (χ1) is 9.81. The van der Waals surface area contributed by atoms with Crippen molar-refractivity contribution in [2.75, 3.05) is 0 Å². The molecule has 100 valence electrons. The number of H-pyrrole nitrogens is 1. The highest BCUT2D eigenvalue weighted by atomic mass is 19.1. The predicted molar refractivity (Wildman–Crippen MR) is 81.4 cm³/mol. The Morgan fingerprint density at radius 1 is 1.10 bits per heavy atom. The van der Waals surface area contributed by atoms with Gasteiger partial charge in [-0.3, -0.25) is 0 Å². The molecule has 0 saturated carbocycles. The fraction of sp³-hybridized carbons (Fsp3) is 0.111. The number of hydrogen-bond donors (Lipinski definition) is 1. The number of nitrogens with one attached hydrogen (secondary N) is 1. The minimum absolute atomic E-state index is 0.124. The van der Waals surface area contributed by atoms with Crippen molar-refractivity contribution in [3.8, 4) is 0 Å². The topological polar surface area (TPSA) is 15.8 Å². The smallest absolute Gasteiger partial charge is 0.132 e. The monoisotopic (exact) mass is 265 g/mol. The Labute approximate surface area is 117 Å². The van der Waals surface area contributed by atoms with Crippen LogP contribution in [0.2, 0.25) is 0 Å². The molecule has 0 spiro atoms. The number of aromatic amines is 1. The summed E-state index contributed by atoms with van der Waals surface area (Å²) >= 11 is 0. The van der Waals surface area contributed by atoms with Crippen LogP contribution >= 0.6 is 0 Å². The number of rotatable bonds is 4. The molecule has 1 atom stereocenters. The molecule has 2 heteroatoms. The standard InChI is InChI=1S/C18H16FN/c1-2-7-14(13-8-4-3-5-9-13)15-12-20-17-11-6-10-16(19)18(15)17/h2-6,8-12,14,20H,1,7H2. The molecule has 1 unspecified atom stereocenters. The highest BCUT2D eigenvalue weighted by Gasteiger charge is 2.18. The molecule has 1 heterocycles. The van der Waals surface area contributed by atoms with E-state index in [2.05, 4.69) is 23.7 Å². The lowest BCUT2D eigenvalue weighted by molar-refractivity contribution is 0.638. The summed E-state index contributed by atoms with van der Waals surface area (Å²) < 4.78 is 14.2. The lowest BCUT2D eigenvalue weighted by Gasteiger charge is -2.15. The van der Waals surface area contributed by atoms with Gasteiger partial charge in [-0.05, 0) is 29.7 Å². The van der Waals surface area contributed by atoms with Crippen LogP contribution in [0.15, 0.2) is 67.4 Å². The predicted octanol–water partition coefficient (Wildman–Crippen LogP) is 5.02. The second-order valence-corrected chi connectivity index (χ2v) is 4.89. The van der Waals surface area contributed by atoms with Crippen molar-refractivity contribution in [2.45, 2.75) is 12.3 Å². The quantitative estimate of drug-likeness (QED) is 0.638. The fourth-order valence-electron chi connectivity index (χ4n) is 2.73. The number of benzene rings is 2. The Balaban J connectivity index is 2.18. The van der Waals surface area contributed by atoms with Gasteiger partial charge in [0.2, 0.25) is 0 Å². The molecule has 0 aliphatic heterocycles. The van der Waals surface area contributed by atoms with Crippen molar-refractivity contribution >= 4 is 10.9 Å². The van der Waals surface area contributed by atoms with E-state index in [9.17, 15) is 4.39 Å². The largest absolute Gasteiger partial charge is 0.361 e. The second kappa shape index (κ2) is 5.33. The van der Waals surface area contributed by atoms with Gasteiger partial charge in [-0.25, -0.2) is 4.39 Å². The average Bonchev–Trinajstić information content (AvgIpc) is 2.91. The zero-order chi connectivity index (χ0) is 13.9. The van der Waals surface area contributed by atoms with E-state index in [1.54, 1.807) is 6.07 Å². The normalized spacial score (nSPS) is 12.4. The lowest BCUT2D eigenvalue weighted by atomic mass is 9.88. The molecule has 0 amide bonds. The van der Waals surface area contributed by atoms with Crippen LogP contribution in [-0.4, -0.2) is 4.98 Å². The first-order valence-corrected chi connectivity index (χ1v) is 6.72. The van der Waals surface area contributed by atoms with Crippen molar-refractivity contribution < 1.29 is 4.39 Å². The number of halogens is 1. The number of fused-ring (bicyclic) bond motifs is 1. The van der Waals surface area contributed by atoms with Crippen LogP contribution in [0.5, 0.6) is 0 Å². The third-order valence-electron chi connectivity index (χ3n) is 3.67. The zero-order valence-electron chi connectivity index (χ0n) is 11.1. The van der Waals surface area contributed by atoms with Crippen molar-refractivity contribution in [3.05, 3.63) is 84.3 Å². The van der Waals surface area contributed by atoms with Gasteiger partial charge < -0.3 is 4.98 Å². The molecule has 0 radical (unpaired) electrons. The number of allylic oxidation sites excluding steroid dienone is 1. The van der Waals surface area contributed by atoms with Crippen LogP contribution < -0.4 is 0 Å². The van der Waals surface area contributed by atoms with Crippen LogP contribution in [-0.2, 0) is 0 Å². The van der Waals surface area contributed by atoms with Gasteiger partial charge in [-0.2, -0.15) is 0 Å². The van der Waals surface area contributed by atoms with Crippen LogP contribution in [0.4, 0.5) is 4.39 Å². The Bertz CT molecular complexity index is 728. The van der Waals surface area contributed by atoms with Crippen LogP contribution in [0.3, 0.4) is 0 Å². The van der Waals surface area contributed by atoms with Gasteiger partial charge in [0.1, 0.15) is 5.82 Å². The first-order valence-electron chi connectivity index (χ1n) is 6.72. The molecule has 0 bridgehead atoms. The van der Waals surface area contributed by atoms with Crippen molar-refractivity contribution in [1.82, 2.24) is 4.98 Å². The first kappa shape index (κ1) is 12.7. The molecule has 0 aliphatic rings. The zero-order valence-corrected chi connectivity index (χ0v) is 11.1. The van der Waals surface area contributed by atoms with Crippen molar-refractivity contribution in [3.63, 3.8) is 0 Å². The van der Waals surface area contributed by atoms with Gasteiger partial charge >= 0.3 is 0 Å². The minimum Gasteiger partial charge on any atom is -0.361 e. The van der Waals surface area contributed by atoms with Crippen LogP contribution in [0.25, 0.3) is 10.9 Å². The van der Waals surface area contributed by atoms with Gasteiger partial charge in [-0.15, -0.1) is 6.58 Å². The van der Waals surface area contributed by atoms with Crippen LogP contribution in [0.1, 0.15) is 23.5 Å². The summed E-state index contributed by atoms with van der Waals surface area (Å²) in [6, 6.07) is 15.3. The summed E-state index contributed by atoms with van der Waals surface area (Å²) in [5.41, 5.74) is 3.01. The number of hydrogen-bond acceptors (Lipinski definition) is 0. The molecule has 2 aromatic carbocycles. The van der Waals surface area contributed by atoms with Gasteiger partial charge in [0.05, 0.1) is 0 Å². The molecular formula is C18H16FN. The van der Waals surface area contributed by atoms with Gasteiger partial charge in [-0.1, -0.05) is 42.5 Å². The maximum atomic E-state index is 14.2. The van der Waals surface area contributed by atoms with Gasteiger partial charge in [0.15, 0.2) is 0 Å². The van der Waals surface area contributed by atoms with E-state index in [1.807, 2.05) is 36.5 Å². The maximum absolute atomic E-state index is 14.2. The van der Waals surface area contributed by atoms with E-state index in [-0.39, 0.29) is 11.7 Å². The summed E-state index contributed by atoms with van der Waals surface area (Å²) in [6.45, 7) is 3.83. The van der Waals surface area contributed by atoms with Gasteiger partial charge in [0, 0.05) is 23.0 Å². The molecule has 3 rings (SSSR count). The van der Waals surface area contributed by atoms with E-state index in [1.165, 1.54) is 11.6 Å². The molecule has 1 aromatic heterocycles. The molecule has 0 saturated heterocycles. The van der Waals surface area contributed by atoms with Crippen molar-refractivity contribution in [1.29, 1.82) is 0 Å². The van der Waals surface area contributed by atoms with E-state index in [0.717, 1.165) is 17.5 Å². The lowest BCUT2D eigenvalue weighted by Crippen LogP contribution is -1.99. The third-order valence-corrected chi connectivity index (χ3v) is 3.67. The molecule has 3 aromatic rings. The highest BCUT2D eigenvalue weighted by molar-refractivity contribution is 5.84. The summed E-state index contributed by atoms with van der Waals surface area (Å²) in [5.74, 6) is -0.0527. The molecule has 1 nitrogen and oxygen atoms in total. The molecule has 0 aliphatic carbocycles. The number of aromatic nitrogens is 1. The fourth-order valence-corrected chi connectivity index (χ4v) is 2.73. The highest BCUT2D eigenvalue weighted by Crippen LogP contribution is 2.34. The SMILES string of the molecule is C=CCC(c1ccccc1)c1c[nH]c2cccc(F)c12. The Kier molecular flexibility index (Phi) is 3.38. The molecule has 1 N–H and O–H groups in total. The summed E-state index contributed by atoms with van der Waals surface area (Å²) in [6.07, 6.45) is 4.58. The average molecular weight is 265 g/mol. The molecule has 20 heavy (non-hydrogen) atoms. The summed E-state index contributed by atoms with van der Waals surface area (Å²) in [4.78, 5) is 3.16. The van der Waals surface area contributed by atoms with E-state index < -0.39 is 0 Å². The van der Waals surface area contributed by atoms with Crippen LogP contribution in [0, 0.1) is 5.82 Å².